The summed E-state index contributed by atoms with van der Waals surface area (Å²) in [7, 11) is 0. The molecule has 116 valence electrons. The van der Waals surface area contributed by atoms with Crippen molar-refractivity contribution < 1.29 is 9.53 Å². The lowest BCUT2D eigenvalue weighted by atomic mass is 9.83. The molecule has 21 heavy (non-hydrogen) atoms. The van der Waals surface area contributed by atoms with E-state index in [0.717, 1.165) is 37.9 Å². The van der Waals surface area contributed by atoms with Crippen LogP contribution in [0.4, 0.5) is 0 Å². The Morgan fingerprint density at radius 2 is 1.86 bits per heavy atom. The minimum atomic E-state index is -0.432. The van der Waals surface area contributed by atoms with Crippen LogP contribution in [0.5, 0.6) is 0 Å². The summed E-state index contributed by atoms with van der Waals surface area (Å²) < 4.78 is 5.91. The maximum atomic E-state index is 11.9. The van der Waals surface area contributed by atoms with Crippen molar-refractivity contribution in [2.24, 2.45) is 0 Å². The number of hydrogen-bond acceptors (Lipinski definition) is 3. The van der Waals surface area contributed by atoms with Crippen molar-refractivity contribution in [2.75, 3.05) is 13.1 Å². The molecule has 1 aromatic carbocycles. The quantitative estimate of drug-likeness (QED) is 0.774. The molecule has 1 fully saturated rings. The van der Waals surface area contributed by atoms with Crippen molar-refractivity contribution in [3.63, 3.8) is 0 Å². The second-order valence-corrected chi connectivity index (χ2v) is 5.98. The zero-order chi connectivity index (χ0) is 15.3. The molecule has 1 aliphatic heterocycles. The SMILES string of the molecule is CCC(=O)OC1(c2ccccc2)CCN(C(C)CC)CC1. The van der Waals surface area contributed by atoms with Crippen LogP contribution in [-0.2, 0) is 15.1 Å². The highest BCUT2D eigenvalue weighted by molar-refractivity contribution is 5.69. The molecule has 1 saturated heterocycles. The van der Waals surface area contributed by atoms with Crippen LogP contribution in [0.1, 0.15) is 52.0 Å². The normalized spacial score (nSPS) is 20.0. The van der Waals surface area contributed by atoms with Gasteiger partial charge in [0.15, 0.2) is 0 Å². The molecule has 0 amide bonds. The number of likely N-dealkylation sites (tertiary alicyclic amines) is 1. The van der Waals surface area contributed by atoms with E-state index >= 15 is 0 Å². The molecule has 0 aromatic heterocycles. The third kappa shape index (κ3) is 3.65. The number of ether oxygens (including phenoxy) is 1. The van der Waals surface area contributed by atoms with Gasteiger partial charge in [0, 0.05) is 38.4 Å². The largest absolute Gasteiger partial charge is 0.454 e. The minimum Gasteiger partial charge on any atom is -0.454 e. The van der Waals surface area contributed by atoms with E-state index < -0.39 is 5.60 Å². The van der Waals surface area contributed by atoms with Gasteiger partial charge in [0.25, 0.3) is 0 Å². The molecular weight excluding hydrogens is 262 g/mol. The monoisotopic (exact) mass is 289 g/mol. The standard InChI is InChI=1S/C18H27NO2/c1-4-15(3)19-13-11-18(12-14-19,21-17(20)5-2)16-9-7-6-8-10-16/h6-10,15H,4-5,11-14H2,1-3H3. The third-order valence-corrected chi connectivity index (χ3v) is 4.72. The lowest BCUT2D eigenvalue weighted by Crippen LogP contribution is -2.47. The molecule has 0 radical (unpaired) electrons. The van der Waals surface area contributed by atoms with Crippen LogP contribution in [0, 0.1) is 0 Å². The maximum Gasteiger partial charge on any atom is 0.306 e. The van der Waals surface area contributed by atoms with Crippen LogP contribution >= 0.6 is 0 Å². The first kappa shape index (κ1) is 16.0. The third-order valence-electron chi connectivity index (χ3n) is 4.72. The molecule has 3 nitrogen and oxygen atoms in total. The van der Waals surface area contributed by atoms with E-state index in [-0.39, 0.29) is 5.97 Å². The van der Waals surface area contributed by atoms with E-state index in [2.05, 4.69) is 30.9 Å². The second kappa shape index (κ2) is 7.08. The summed E-state index contributed by atoms with van der Waals surface area (Å²) in [5.74, 6) is -0.101. The lowest BCUT2D eigenvalue weighted by Gasteiger charge is -2.43. The topological polar surface area (TPSA) is 29.5 Å². The van der Waals surface area contributed by atoms with Crippen molar-refractivity contribution in [2.45, 2.75) is 58.1 Å². The zero-order valence-electron chi connectivity index (χ0n) is 13.5. The summed E-state index contributed by atoms with van der Waals surface area (Å²) in [5, 5.41) is 0. The van der Waals surface area contributed by atoms with E-state index in [1.54, 1.807) is 0 Å². The van der Waals surface area contributed by atoms with Crippen molar-refractivity contribution in [3.05, 3.63) is 35.9 Å². The first-order valence-electron chi connectivity index (χ1n) is 8.12. The van der Waals surface area contributed by atoms with Gasteiger partial charge >= 0.3 is 5.97 Å². The van der Waals surface area contributed by atoms with Gasteiger partial charge < -0.3 is 9.64 Å². The fraction of sp³-hybridized carbons (Fsp3) is 0.611. The fourth-order valence-corrected chi connectivity index (χ4v) is 3.07. The van der Waals surface area contributed by atoms with Crippen molar-refractivity contribution >= 4 is 5.97 Å². The molecule has 1 heterocycles. The van der Waals surface area contributed by atoms with Gasteiger partial charge in [0.2, 0.25) is 0 Å². The van der Waals surface area contributed by atoms with Crippen molar-refractivity contribution in [1.82, 2.24) is 4.90 Å². The maximum absolute atomic E-state index is 11.9. The highest BCUT2D eigenvalue weighted by Gasteiger charge is 2.40. The van der Waals surface area contributed by atoms with Crippen LogP contribution in [0.25, 0.3) is 0 Å². The predicted octanol–water partition coefficient (Wildman–Crippen LogP) is 3.73. The lowest BCUT2D eigenvalue weighted by molar-refractivity contribution is -0.167. The van der Waals surface area contributed by atoms with Crippen LogP contribution in [0.2, 0.25) is 0 Å². The average Bonchev–Trinajstić information content (AvgIpc) is 2.55. The number of benzene rings is 1. The molecule has 1 aliphatic rings. The summed E-state index contributed by atoms with van der Waals surface area (Å²) in [6.07, 6.45) is 3.36. The molecule has 0 saturated carbocycles. The molecule has 1 atom stereocenters. The van der Waals surface area contributed by atoms with Gasteiger partial charge in [-0.1, -0.05) is 44.2 Å². The van der Waals surface area contributed by atoms with Crippen LogP contribution in [0.3, 0.4) is 0 Å². The van der Waals surface area contributed by atoms with Crippen LogP contribution in [0.15, 0.2) is 30.3 Å². The molecule has 0 aliphatic carbocycles. The Bertz CT molecular complexity index is 450. The summed E-state index contributed by atoms with van der Waals surface area (Å²) in [4.78, 5) is 14.4. The van der Waals surface area contributed by atoms with E-state index in [1.807, 2.05) is 25.1 Å². The van der Waals surface area contributed by atoms with Gasteiger partial charge in [-0.25, -0.2) is 0 Å². The van der Waals surface area contributed by atoms with E-state index in [0.29, 0.717) is 12.5 Å². The Kier molecular flexibility index (Phi) is 5.40. The van der Waals surface area contributed by atoms with Gasteiger partial charge in [-0.05, 0) is 18.9 Å². The van der Waals surface area contributed by atoms with E-state index in [1.165, 1.54) is 0 Å². The summed E-state index contributed by atoms with van der Waals surface area (Å²) in [6.45, 7) is 8.32. The highest BCUT2D eigenvalue weighted by atomic mass is 16.6. The Hall–Kier alpha value is -1.35. The molecule has 0 bridgehead atoms. The van der Waals surface area contributed by atoms with Gasteiger partial charge in [-0.3, -0.25) is 4.79 Å². The van der Waals surface area contributed by atoms with Gasteiger partial charge in [0.1, 0.15) is 5.60 Å². The van der Waals surface area contributed by atoms with Crippen molar-refractivity contribution in [1.29, 1.82) is 0 Å². The summed E-state index contributed by atoms with van der Waals surface area (Å²) in [5.41, 5.74) is 0.703. The number of carbonyl (C=O) groups excluding carboxylic acids is 1. The summed E-state index contributed by atoms with van der Waals surface area (Å²) >= 11 is 0. The molecule has 0 spiro atoms. The Morgan fingerprint density at radius 1 is 1.24 bits per heavy atom. The van der Waals surface area contributed by atoms with Crippen molar-refractivity contribution in [3.8, 4) is 0 Å². The summed E-state index contributed by atoms with van der Waals surface area (Å²) in [6, 6.07) is 10.8. The Morgan fingerprint density at radius 3 is 2.38 bits per heavy atom. The molecule has 2 rings (SSSR count). The molecule has 1 unspecified atom stereocenters. The smallest absolute Gasteiger partial charge is 0.306 e. The van der Waals surface area contributed by atoms with E-state index in [9.17, 15) is 4.79 Å². The number of piperidine rings is 1. The number of esters is 1. The highest BCUT2D eigenvalue weighted by Crippen LogP contribution is 2.37. The first-order chi connectivity index (χ1) is 10.1. The predicted molar refractivity (Wildman–Crippen MR) is 85.1 cm³/mol. The van der Waals surface area contributed by atoms with Crippen LogP contribution in [-0.4, -0.2) is 30.0 Å². The molecule has 3 heteroatoms. The van der Waals surface area contributed by atoms with Gasteiger partial charge in [-0.15, -0.1) is 0 Å². The Labute approximate surface area is 128 Å². The minimum absolute atomic E-state index is 0.101. The fourth-order valence-electron chi connectivity index (χ4n) is 3.07. The zero-order valence-corrected chi connectivity index (χ0v) is 13.5. The van der Waals surface area contributed by atoms with Crippen LogP contribution < -0.4 is 0 Å². The number of nitrogens with zero attached hydrogens (tertiary/aromatic N) is 1. The second-order valence-electron chi connectivity index (χ2n) is 5.98. The van der Waals surface area contributed by atoms with Gasteiger partial charge in [-0.2, -0.15) is 0 Å². The first-order valence-corrected chi connectivity index (χ1v) is 8.12. The van der Waals surface area contributed by atoms with Gasteiger partial charge in [0.05, 0.1) is 0 Å². The molecule has 0 N–H and O–H groups in total. The molecular formula is C18H27NO2. The number of rotatable bonds is 5. The van der Waals surface area contributed by atoms with E-state index in [4.69, 9.17) is 4.74 Å². The Balaban J connectivity index is 2.18. The average molecular weight is 289 g/mol. The number of carbonyl (C=O) groups is 1. The number of hydrogen-bond donors (Lipinski definition) is 0. The molecule has 1 aromatic rings.